The number of ether oxygens (including phenoxy) is 1. The molecule has 0 radical (unpaired) electrons. The number of carbonyl (C=O) groups is 1. The van der Waals surface area contributed by atoms with Gasteiger partial charge in [-0.05, 0) is 48.5 Å². The molecule has 21 heavy (non-hydrogen) atoms. The van der Waals surface area contributed by atoms with Crippen LogP contribution in [0.15, 0.2) is 47.6 Å². The van der Waals surface area contributed by atoms with Crippen molar-refractivity contribution < 1.29 is 9.53 Å². The Balaban J connectivity index is 1.85. The predicted octanol–water partition coefficient (Wildman–Crippen LogP) is 3.81. The molecule has 0 atom stereocenters. The van der Waals surface area contributed by atoms with Crippen molar-refractivity contribution >= 4 is 27.9 Å². The second-order valence-corrected chi connectivity index (χ2v) is 5.65. The molecule has 0 saturated heterocycles. The summed E-state index contributed by atoms with van der Waals surface area (Å²) in [6.45, 7) is 2.02. The van der Waals surface area contributed by atoms with Crippen LogP contribution >= 0.6 is 11.8 Å². The van der Waals surface area contributed by atoms with Crippen molar-refractivity contribution in [2.45, 2.75) is 12.1 Å². The fourth-order valence-electron chi connectivity index (χ4n) is 2.05. The van der Waals surface area contributed by atoms with Crippen LogP contribution in [0.5, 0.6) is 5.75 Å². The summed E-state index contributed by atoms with van der Waals surface area (Å²) in [5.41, 5.74) is 3.55. The van der Waals surface area contributed by atoms with Gasteiger partial charge in [-0.3, -0.25) is 4.79 Å². The standard InChI is InChI=1S/C16H14N2O2S/c1-10-6-7-13-14(8-10)18-16(17-13)21-15(19)11-4-3-5-12(9-11)20-2/h3-9H,1-2H3,(H,17,18). The highest BCUT2D eigenvalue weighted by atomic mass is 32.2. The number of aryl methyl sites for hydroxylation is 1. The normalized spacial score (nSPS) is 10.8. The summed E-state index contributed by atoms with van der Waals surface area (Å²) in [5, 5.41) is 0.535. The topological polar surface area (TPSA) is 55.0 Å². The monoisotopic (exact) mass is 298 g/mol. The van der Waals surface area contributed by atoms with Crippen molar-refractivity contribution in [2.24, 2.45) is 0 Å². The van der Waals surface area contributed by atoms with E-state index in [-0.39, 0.29) is 5.12 Å². The van der Waals surface area contributed by atoms with Crippen molar-refractivity contribution in [2.75, 3.05) is 7.11 Å². The Morgan fingerprint density at radius 1 is 1.24 bits per heavy atom. The van der Waals surface area contributed by atoms with Crippen LogP contribution in [-0.2, 0) is 0 Å². The second kappa shape index (κ2) is 5.61. The molecule has 106 valence electrons. The summed E-state index contributed by atoms with van der Waals surface area (Å²) in [6, 6.07) is 13.1. The summed E-state index contributed by atoms with van der Waals surface area (Å²) < 4.78 is 5.13. The van der Waals surface area contributed by atoms with Gasteiger partial charge in [0.05, 0.1) is 18.1 Å². The third-order valence-corrected chi connectivity index (χ3v) is 3.92. The van der Waals surface area contributed by atoms with Crippen LogP contribution in [0, 0.1) is 6.92 Å². The maximum Gasteiger partial charge on any atom is 0.227 e. The van der Waals surface area contributed by atoms with Crippen LogP contribution in [0.3, 0.4) is 0 Å². The maximum absolute atomic E-state index is 12.3. The molecule has 1 N–H and O–H groups in total. The molecule has 4 nitrogen and oxygen atoms in total. The Labute approximate surface area is 126 Å². The van der Waals surface area contributed by atoms with Crippen molar-refractivity contribution in [3.05, 3.63) is 53.6 Å². The number of rotatable bonds is 3. The number of carbonyl (C=O) groups excluding carboxylic acids is 1. The maximum atomic E-state index is 12.3. The lowest BCUT2D eigenvalue weighted by atomic mass is 10.2. The molecule has 1 heterocycles. The number of nitrogens with one attached hydrogen (secondary N) is 1. The lowest BCUT2D eigenvalue weighted by Gasteiger charge is -2.02. The molecule has 0 amide bonds. The smallest absolute Gasteiger partial charge is 0.227 e. The van der Waals surface area contributed by atoms with E-state index in [2.05, 4.69) is 9.97 Å². The van der Waals surface area contributed by atoms with Gasteiger partial charge in [0.2, 0.25) is 5.12 Å². The van der Waals surface area contributed by atoms with Gasteiger partial charge in [-0.15, -0.1) is 0 Å². The van der Waals surface area contributed by atoms with Gasteiger partial charge in [0, 0.05) is 5.56 Å². The van der Waals surface area contributed by atoms with Gasteiger partial charge in [0.15, 0.2) is 5.16 Å². The summed E-state index contributed by atoms with van der Waals surface area (Å²) in [6.07, 6.45) is 0. The number of methoxy groups -OCH3 is 1. The molecule has 0 saturated carbocycles. The molecular formula is C16H14N2O2S. The van der Waals surface area contributed by atoms with Gasteiger partial charge in [-0.2, -0.15) is 0 Å². The summed E-state index contributed by atoms with van der Waals surface area (Å²) in [7, 11) is 1.58. The van der Waals surface area contributed by atoms with Crippen LogP contribution in [0.25, 0.3) is 11.0 Å². The van der Waals surface area contributed by atoms with Gasteiger partial charge in [-0.25, -0.2) is 4.98 Å². The molecule has 3 aromatic rings. The minimum Gasteiger partial charge on any atom is -0.497 e. The van der Waals surface area contributed by atoms with E-state index >= 15 is 0 Å². The van der Waals surface area contributed by atoms with Gasteiger partial charge in [0.1, 0.15) is 5.75 Å². The third-order valence-electron chi connectivity index (χ3n) is 3.11. The third kappa shape index (κ3) is 2.92. The van der Waals surface area contributed by atoms with Crippen LogP contribution in [0.2, 0.25) is 0 Å². The Kier molecular flexibility index (Phi) is 3.66. The number of hydrogen-bond acceptors (Lipinski definition) is 4. The first-order valence-corrected chi connectivity index (χ1v) is 7.30. The predicted molar refractivity (Wildman–Crippen MR) is 84.0 cm³/mol. The number of benzene rings is 2. The molecule has 0 unspecified atom stereocenters. The molecule has 2 aromatic carbocycles. The molecule has 3 rings (SSSR count). The minimum atomic E-state index is -0.0651. The fraction of sp³-hybridized carbons (Fsp3) is 0.125. The van der Waals surface area contributed by atoms with E-state index in [1.807, 2.05) is 31.2 Å². The zero-order chi connectivity index (χ0) is 14.8. The number of imidazole rings is 1. The van der Waals surface area contributed by atoms with Gasteiger partial charge < -0.3 is 9.72 Å². The van der Waals surface area contributed by atoms with E-state index in [4.69, 9.17) is 4.74 Å². The van der Waals surface area contributed by atoms with Gasteiger partial charge in [0.25, 0.3) is 0 Å². The van der Waals surface area contributed by atoms with Crippen LogP contribution in [-0.4, -0.2) is 22.2 Å². The number of hydrogen-bond donors (Lipinski definition) is 1. The number of nitrogens with zero attached hydrogens (tertiary/aromatic N) is 1. The molecule has 0 aliphatic rings. The van der Waals surface area contributed by atoms with Crippen molar-refractivity contribution in [1.82, 2.24) is 9.97 Å². The first kappa shape index (κ1) is 13.7. The Morgan fingerprint density at radius 3 is 2.90 bits per heavy atom. The largest absolute Gasteiger partial charge is 0.497 e. The number of aromatic nitrogens is 2. The van der Waals surface area contributed by atoms with E-state index in [0.717, 1.165) is 28.4 Å². The molecule has 0 bridgehead atoms. The quantitative estimate of drug-likeness (QED) is 0.747. The van der Waals surface area contributed by atoms with E-state index in [0.29, 0.717) is 16.5 Å². The lowest BCUT2D eigenvalue weighted by Crippen LogP contribution is -1.94. The highest BCUT2D eigenvalue weighted by Gasteiger charge is 2.12. The number of aromatic amines is 1. The summed E-state index contributed by atoms with van der Waals surface area (Å²) in [5.74, 6) is 0.668. The van der Waals surface area contributed by atoms with Crippen LogP contribution in [0.4, 0.5) is 0 Å². The fourth-order valence-corrected chi connectivity index (χ4v) is 2.77. The average Bonchev–Trinajstić information content (AvgIpc) is 2.88. The van der Waals surface area contributed by atoms with E-state index in [1.165, 1.54) is 0 Å². The second-order valence-electron chi connectivity index (χ2n) is 4.68. The molecule has 5 heteroatoms. The highest BCUT2D eigenvalue weighted by molar-refractivity contribution is 8.14. The number of thioether (sulfide) groups is 1. The average molecular weight is 298 g/mol. The summed E-state index contributed by atoms with van der Waals surface area (Å²) >= 11 is 1.09. The molecular weight excluding hydrogens is 284 g/mol. The Morgan fingerprint density at radius 2 is 2.10 bits per heavy atom. The lowest BCUT2D eigenvalue weighted by molar-refractivity contribution is 0.108. The van der Waals surface area contributed by atoms with E-state index < -0.39 is 0 Å². The zero-order valence-electron chi connectivity index (χ0n) is 11.7. The van der Waals surface area contributed by atoms with E-state index in [9.17, 15) is 4.79 Å². The van der Waals surface area contributed by atoms with Crippen molar-refractivity contribution in [1.29, 1.82) is 0 Å². The van der Waals surface area contributed by atoms with Crippen LogP contribution in [0.1, 0.15) is 15.9 Å². The molecule has 1 aromatic heterocycles. The van der Waals surface area contributed by atoms with Crippen LogP contribution < -0.4 is 4.74 Å². The first-order chi connectivity index (χ1) is 10.2. The zero-order valence-corrected chi connectivity index (χ0v) is 12.5. The summed E-state index contributed by atoms with van der Waals surface area (Å²) in [4.78, 5) is 19.9. The SMILES string of the molecule is COc1cccc(C(=O)Sc2nc3ccc(C)cc3[nH]2)c1. The van der Waals surface area contributed by atoms with Crippen molar-refractivity contribution in [3.8, 4) is 5.75 Å². The number of H-pyrrole nitrogens is 1. The molecule has 0 fully saturated rings. The number of fused-ring (bicyclic) bond motifs is 1. The van der Waals surface area contributed by atoms with Crippen molar-refractivity contribution in [3.63, 3.8) is 0 Å². The Bertz CT molecular complexity index is 811. The molecule has 0 aliphatic carbocycles. The van der Waals surface area contributed by atoms with E-state index in [1.54, 1.807) is 25.3 Å². The molecule has 0 aliphatic heterocycles. The van der Waals surface area contributed by atoms with Gasteiger partial charge in [-0.1, -0.05) is 18.2 Å². The highest BCUT2D eigenvalue weighted by Crippen LogP contribution is 2.25. The van der Waals surface area contributed by atoms with Gasteiger partial charge >= 0.3 is 0 Å². The Hall–Kier alpha value is -2.27. The molecule has 0 spiro atoms. The first-order valence-electron chi connectivity index (χ1n) is 6.48. The minimum absolute atomic E-state index is 0.0651.